The summed E-state index contributed by atoms with van der Waals surface area (Å²) in [6.45, 7) is 1.96. The summed E-state index contributed by atoms with van der Waals surface area (Å²) in [4.78, 5) is 0. The highest BCUT2D eigenvalue weighted by molar-refractivity contribution is 5.19. The number of rotatable bonds is 4. The third-order valence-corrected chi connectivity index (χ3v) is 4.73. The number of aliphatic hydroxyl groups is 1. The first-order valence-corrected chi connectivity index (χ1v) is 7.08. The maximum atomic E-state index is 10.8. The molecule has 0 amide bonds. The van der Waals surface area contributed by atoms with Crippen LogP contribution in [-0.4, -0.2) is 22.4 Å². The number of epoxide rings is 1. The summed E-state index contributed by atoms with van der Waals surface area (Å²) >= 11 is 0. The second-order valence-electron chi connectivity index (χ2n) is 6.00. The fourth-order valence-corrected chi connectivity index (χ4v) is 3.44. The Labute approximate surface area is 109 Å². The van der Waals surface area contributed by atoms with Crippen molar-refractivity contribution in [3.63, 3.8) is 0 Å². The van der Waals surface area contributed by atoms with Crippen LogP contribution in [0.1, 0.15) is 44.6 Å². The Bertz CT molecular complexity index is 412. The summed E-state index contributed by atoms with van der Waals surface area (Å²) < 4.78 is 5.87. The maximum absolute atomic E-state index is 10.8. The lowest BCUT2D eigenvalue weighted by Gasteiger charge is -2.33. The molecule has 2 fully saturated rings. The van der Waals surface area contributed by atoms with Gasteiger partial charge in [0.05, 0.1) is 11.7 Å². The first-order chi connectivity index (χ1) is 8.64. The number of fused-ring (bicyclic) bond motifs is 1. The zero-order valence-corrected chi connectivity index (χ0v) is 11.1. The lowest BCUT2D eigenvalue weighted by molar-refractivity contribution is -0.0345. The maximum Gasteiger partial charge on any atom is 0.123 e. The van der Waals surface area contributed by atoms with E-state index in [9.17, 15) is 5.11 Å². The number of hydrogen-bond acceptors (Lipinski definition) is 2. The van der Waals surface area contributed by atoms with E-state index in [0.717, 1.165) is 25.7 Å². The molecule has 1 N–H and O–H groups in total. The van der Waals surface area contributed by atoms with Crippen molar-refractivity contribution in [3.8, 4) is 0 Å². The Morgan fingerprint density at radius 3 is 2.83 bits per heavy atom. The van der Waals surface area contributed by atoms with Gasteiger partial charge < -0.3 is 9.84 Å². The molecule has 18 heavy (non-hydrogen) atoms. The van der Waals surface area contributed by atoms with Gasteiger partial charge >= 0.3 is 0 Å². The first-order valence-electron chi connectivity index (χ1n) is 7.08. The van der Waals surface area contributed by atoms with Crippen LogP contribution < -0.4 is 0 Å². The van der Waals surface area contributed by atoms with E-state index in [4.69, 9.17) is 4.74 Å². The van der Waals surface area contributed by atoms with Crippen LogP contribution in [0.15, 0.2) is 30.3 Å². The van der Waals surface area contributed by atoms with Crippen LogP contribution in [0.3, 0.4) is 0 Å². The van der Waals surface area contributed by atoms with E-state index in [2.05, 4.69) is 24.3 Å². The quantitative estimate of drug-likeness (QED) is 0.828. The molecule has 1 aromatic carbocycles. The monoisotopic (exact) mass is 246 g/mol. The molecule has 0 unspecified atom stereocenters. The molecule has 98 valence electrons. The summed E-state index contributed by atoms with van der Waals surface area (Å²) in [5.41, 5.74) is 0.385. The summed E-state index contributed by atoms with van der Waals surface area (Å²) in [5, 5.41) is 10.8. The Balaban J connectivity index is 1.65. The van der Waals surface area contributed by atoms with Crippen molar-refractivity contribution in [1.82, 2.24) is 0 Å². The molecule has 1 aliphatic heterocycles. The highest BCUT2D eigenvalue weighted by atomic mass is 16.6. The predicted octanol–water partition coefficient (Wildman–Crippen LogP) is 3.08. The van der Waals surface area contributed by atoms with Crippen molar-refractivity contribution in [2.75, 3.05) is 0 Å². The number of benzene rings is 1. The van der Waals surface area contributed by atoms with Crippen molar-refractivity contribution in [3.05, 3.63) is 35.9 Å². The molecule has 2 nitrogen and oxygen atoms in total. The van der Waals surface area contributed by atoms with Gasteiger partial charge in [0.2, 0.25) is 0 Å². The summed E-state index contributed by atoms with van der Waals surface area (Å²) in [6, 6.07) is 10.4. The van der Waals surface area contributed by atoms with Gasteiger partial charge in [-0.1, -0.05) is 43.2 Å². The average molecular weight is 246 g/mol. The molecule has 0 aromatic heterocycles. The second kappa shape index (κ2) is 4.36. The van der Waals surface area contributed by atoms with Crippen molar-refractivity contribution in [2.24, 2.45) is 0 Å². The zero-order valence-electron chi connectivity index (χ0n) is 11.1. The largest absolute Gasteiger partial charge is 0.387 e. The fraction of sp³-hybridized carbons (Fsp3) is 0.625. The van der Waals surface area contributed by atoms with E-state index in [1.807, 2.05) is 13.0 Å². The van der Waals surface area contributed by atoms with Crippen molar-refractivity contribution >= 4 is 0 Å². The third-order valence-electron chi connectivity index (χ3n) is 4.73. The Kier molecular flexibility index (Phi) is 2.95. The van der Waals surface area contributed by atoms with Gasteiger partial charge in [0.25, 0.3) is 0 Å². The highest BCUT2D eigenvalue weighted by Gasteiger charge is 2.66. The average Bonchev–Trinajstić information content (AvgIpc) is 3.14. The van der Waals surface area contributed by atoms with Gasteiger partial charge in [-0.2, -0.15) is 0 Å². The van der Waals surface area contributed by atoms with Crippen LogP contribution in [0.4, 0.5) is 0 Å². The molecule has 0 radical (unpaired) electrons. The van der Waals surface area contributed by atoms with Gasteiger partial charge in [0.15, 0.2) is 0 Å². The van der Waals surface area contributed by atoms with Crippen LogP contribution in [0.5, 0.6) is 0 Å². The molecule has 1 heterocycles. The van der Waals surface area contributed by atoms with Gasteiger partial charge in [-0.05, 0) is 38.2 Å². The third kappa shape index (κ3) is 1.98. The van der Waals surface area contributed by atoms with Crippen molar-refractivity contribution < 1.29 is 9.84 Å². The van der Waals surface area contributed by atoms with Crippen LogP contribution in [-0.2, 0) is 11.2 Å². The van der Waals surface area contributed by atoms with E-state index in [-0.39, 0.29) is 5.60 Å². The first kappa shape index (κ1) is 12.2. The van der Waals surface area contributed by atoms with Crippen molar-refractivity contribution in [1.29, 1.82) is 0 Å². The van der Waals surface area contributed by atoms with Crippen LogP contribution >= 0.6 is 0 Å². The minimum absolute atomic E-state index is 0.222. The van der Waals surface area contributed by atoms with E-state index in [1.54, 1.807) is 0 Å². The second-order valence-corrected chi connectivity index (χ2v) is 6.00. The molecule has 3 atom stereocenters. The SMILES string of the molecule is C[C@](O)(CCc1ccccc1)[C@@]12CCCC[C@@H]1O2. The lowest BCUT2D eigenvalue weighted by atomic mass is 9.75. The lowest BCUT2D eigenvalue weighted by Crippen LogP contribution is -2.45. The number of ether oxygens (including phenoxy) is 1. The number of aryl methyl sites for hydroxylation is 1. The molecule has 1 saturated carbocycles. The van der Waals surface area contributed by atoms with Crippen molar-refractivity contribution in [2.45, 2.75) is 62.8 Å². The predicted molar refractivity (Wildman–Crippen MR) is 71.5 cm³/mol. The molecule has 3 rings (SSSR count). The zero-order chi connectivity index (χ0) is 12.6. The normalized spacial score (nSPS) is 33.6. The van der Waals surface area contributed by atoms with Gasteiger partial charge in [-0.15, -0.1) is 0 Å². The van der Waals surface area contributed by atoms with E-state index >= 15 is 0 Å². The summed E-state index contributed by atoms with van der Waals surface area (Å²) in [5.74, 6) is 0. The van der Waals surface area contributed by atoms with Crippen LogP contribution in [0.2, 0.25) is 0 Å². The topological polar surface area (TPSA) is 32.8 Å². The summed E-state index contributed by atoms with van der Waals surface area (Å²) in [6.07, 6.45) is 6.62. The molecule has 2 aliphatic rings. The minimum atomic E-state index is -0.687. The molecule has 0 spiro atoms. The van der Waals surface area contributed by atoms with Gasteiger partial charge in [-0.25, -0.2) is 0 Å². The smallest absolute Gasteiger partial charge is 0.123 e. The van der Waals surface area contributed by atoms with Crippen LogP contribution in [0.25, 0.3) is 0 Å². The Morgan fingerprint density at radius 1 is 1.33 bits per heavy atom. The Hall–Kier alpha value is -0.860. The Morgan fingerprint density at radius 2 is 2.11 bits per heavy atom. The van der Waals surface area contributed by atoms with E-state index < -0.39 is 5.60 Å². The molecular formula is C16H22O2. The standard InChI is InChI=1S/C16H22O2/c1-15(17,12-10-13-7-3-2-4-8-13)16-11-6-5-9-14(16)18-16/h2-4,7-8,14,17H,5-6,9-12H2,1H3/t14-,15-,16+/m0/s1. The van der Waals surface area contributed by atoms with Crippen LogP contribution in [0, 0.1) is 0 Å². The van der Waals surface area contributed by atoms with Gasteiger partial charge in [0, 0.05) is 0 Å². The summed E-state index contributed by atoms with van der Waals surface area (Å²) in [7, 11) is 0. The van der Waals surface area contributed by atoms with Gasteiger partial charge in [0.1, 0.15) is 5.60 Å². The number of hydrogen-bond donors (Lipinski definition) is 1. The minimum Gasteiger partial charge on any atom is -0.387 e. The van der Waals surface area contributed by atoms with Gasteiger partial charge in [-0.3, -0.25) is 0 Å². The van der Waals surface area contributed by atoms with E-state index in [1.165, 1.54) is 18.4 Å². The molecule has 1 aromatic rings. The molecule has 1 aliphatic carbocycles. The molecule has 2 heteroatoms. The molecule has 1 saturated heterocycles. The van der Waals surface area contributed by atoms with E-state index in [0.29, 0.717) is 6.10 Å². The fourth-order valence-electron chi connectivity index (χ4n) is 3.44. The molecule has 0 bridgehead atoms. The highest BCUT2D eigenvalue weighted by Crippen LogP contribution is 2.55. The molecular weight excluding hydrogens is 224 g/mol.